The zero-order chi connectivity index (χ0) is 38.2. The summed E-state index contributed by atoms with van der Waals surface area (Å²) in [6, 6.07) is 14.8. The van der Waals surface area contributed by atoms with E-state index >= 15 is 0 Å². The van der Waals surface area contributed by atoms with Crippen LogP contribution in [0.3, 0.4) is 0 Å². The molecule has 2 aromatic rings. The molecule has 2 saturated heterocycles. The molecule has 0 aliphatic carbocycles. The zero-order valence-electron chi connectivity index (χ0n) is 31.1. The van der Waals surface area contributed by atoms with Crippen molar-refractivity contribution >= 4 is 35.3 Å². The number of aliphatic hydroxyl groups is 1. The monoisotopic (exact) mass is 726 g/mol. The lowest BCUT2D eigenvalue weighted by Gasteiger charge is -2.37. The Morgan fingerprint density at radius 3 is 1.62 bits per heavy atom. The molecule has 1 atom stereocenters. The van der Waals surface area contributed by atoms with E-state index in [1.807, 2.05) is 47.4 Å². The topological polar surface area (TPSA) is 160 Å². The Kier molecular flexibility index (Phi) is 15.7. The van der Waals surface area contributed by atoms with Gasteiger partial charge in [-0.2, -0.15) is 0 Å². The lowest BCUT2D eigenvalue weighted by molar-refractivity contribution is -0.142. The second-order valence-corrected chi connectivity index (χ2v) is 13.7. The van der Waals surface area contributed by atoms with E-state index in [9.17, 15) is 24.3 Å². The molecule has 1 unspecified atom stereocenters. The number of aliphatic hydroxyl groups excluding tert-OH is 1. The molecule has 6 amide bonds. The molecule has 2 fully saturated rings. The van der Waals surface area contributed by atoms with Gasteiger partial charge in [0.2, 0.25) is 5.91 Å². The molecule has 0 radical (unpaired) electrons. The average molecular weight is 727 g/mol. The van der Waals surface area contributed by atoms with Gasteiger partial charge in [-0.05, 0) is 72.9 Å². The Hall–Kier alpha value is -5.40. The van der Waals surface area contributed by atoms with Crippen LogP contribution in [0.15, 0.2) is 48.5 Å². The minimum Gasteiger partial charge on any atom is -0.399 e. The summed E-state index contributed by atoms with van der Waals surface area (Å²) in [6.07, 6.45) is 2.93. The number of amides is 6. The summed E-state index contributed by atoms with van der Waals surface area (Å²) in [5.41, 5.74) is 14.9. The summed E-state index contributed by atoms with van der Waals surface area (Å²) >= 11 is 0. The summed E-state index contributed by atoms with van der Waals surface area (Å²) in [7, 11) is 3.52. The zero-order valence-corrected chi connectivity index (χ0v) is 31.1. The number of nitrogens with two attached hydrogens (primary N) is 2. The molecule has 0 spiro atoms. The molecule has 13 heteroatoms. The average Bonchev–Trinajstić information content (AvgIpc) is 3.16. The van der Waals surface area contributed by atoms with Gasteiger partial charge in [-0.25, -0.2) is 9.59 Å². The van der Waals surface area contributed by atoms with Gasteiger partial charge in [0.25, 0.3) is 5.91 Å². The van der Waals surface area contributed by atoms with Crippen molar-refractivity contribution in [1.82, 2.24) is 29.4 Å². The number of anilines is 2. The second kappa shape index (κ2) is 20.6. The maximum atomic E-state index is 12.9. The molecular formula is C40H54N8O5. The van der Waals surface area contributed by atoms with Gasteiger partial charge in [-0.1, -0.05) is 36.1 Å². The summed E-state index contributed by atoms with van der Waals surface area (Å²) < 4.78 is 0. The number of benzene rings is 2. The molecule has 4 rings (SSSR count). The van der Waals surface area contributed by atoms with Gasteiger partial charge in [0.15, 0.2) is 0 Å². The number of unbranched alkanes of at least 4 members (excludes halogenated alkanes) is 3. The van der Waals surface area contributed by atoms with Crippen molar-refractivity contribution in [2.24, 2.45) is 0 Å². The molecule has 284 valence electrons. The number of hydrogen-bond donors (Lipinski definition) is 3. The first-order valence-corrected chi connectivity index (χ1v) is 18.4. The summed E-state index contributed by atoms with van der Waals surface area (Å²) in [6.45, 7) is 4.56. The highest BCUT2D eigenvalue weighted by molar-refractivity contribution is 5.81. The number of hydrogen-bond acceptors (Lipinski definition) is 7. The summed E-state index contributed by atoms with van der Waals surface area (Å²) in [4.78, 5) is 61.5. The Balaban J connectivity index is 1.02. The number of carbonyl (C=O) groups excluding carboxylic acids is 4. The van der Waals surface area contributed by atoms with Gasteiger partial charge in [-0.3, -0.25) is 9.59 Å². The van der Waals surface area contributed by atoms with E-state index in [1.165, 1.54) is 0 Å². The number of rotatable bonds is 12. The first-order chi connectivity index (χ1) is 25.5. The molecule has 0 bridgehead atoms. The molecule has 13 nitrogen and oxygen atoms in total. The van der Waals surface area contributed by atoms with Gasteiger partial charge in [-0.15, -0.1) is 0 Å². The third kappa shape index (κ3) is 13.0. The highest BCUT2D eigenvalue weighted by Crippen LogP contribution is 2.15. The van der Waals surface area contributed by atoms with E-state index in [1.54, 1.807) is 44.7 Å². The largest absolute Gasteiger partial charge is 0.399 e. The van der Waals surface area contributed by atoms with Gasteiger partial charge in [0, 0.05) is 110 Å². The fraction of sp³-hybridized carbons (Fsp3) is 0.500. The van der Waals surface area contributed by atoms with Crippen LogP contribution in [-0.4, -0.2) is 131 Å². The highest BCUT2D eigenvalue weighted by Gasteiger charge is 2.29. The van der Waals surface area contributed by atoms with Crippen LogP contribution in [0.1, 0.15) is 56.1 Å². The molecule has 2 aliphatic heterocycles. The van der Waals surface area contributed by atoms with Crippen LogP contribution < -0.4 is 11.5 Å². The van der Waals surface area contributed by atoms with Crippen molar-refractivity contribution in [2.75, 3.05) is 77.9 Å². The number of carbonyl (C=O) groups is 4. The van der Waals surface area contributed by atoms with E-state index in [0.717, 1.165) is 24.0 Å². The van der Waals surface area contributed by atoms with E-state index < -0.39 is 6.10 Å². The predicted octanol–water partition coefficient (Wildman–Crippen LogP) is 3.04. The maximum Gasteiger partial charge on any atom is 0.320 e. The van der Waals surface area contributed by atoms with Crippen LogP contribution in [0.4, 0.5) is 21.0 Å². The normalized spacial score (nSPS) is 14.7. The van der Waals surface area contributed by atoms with Gasteiger partial charge in [0.1, 0.15) is 6.10 Å². The summed E-state index contributed by atoms with van der Waals surface area (Å²) in [5.74, 6) is 11.5. The van der Waals surface area contributed by atoms with E-state index in [2.05, 4.69) is 23.7 Å². The van der Waals surface area contributed by atoms with Crippen molar-refractivity contribution in [3.05, 3.63) is 59.7 Å². The first kappa shape index (κ1) is 40.4. The number of piperazine rings is 2. The predicted molar refractivity (Wildman–Crippen MR) is 206 cm³/mol. The van der Waals surface area contributed by atoms with Crippen LogP contribution >= 0.6 is 0 Å². The van der Waals surface area contributed by atoms with Gasteiger partial charge in [0.05, 0.1) is 0 Å². The van der Waals surface area contributed by atoms with Crippen molar-refractivity contribution in [3.8, 4) is 23.7 Å². The Morgan fingerprint density at radius 2 is 1.13 bits per heavy atom. The van der Waals surface area contributed by atoms with Crippen molar-refractivity contribution in [3.63, 3.8) is 0 Å². The molecule has 53 heavy (non-hydrogen) atoms. The number of nitrogen functional groups attached to an aromatic ring is 2. The molecule has 2 heterocycles. The minimum absolute atomic E-state index is 0.0545. The highest BCUT2D eigenvalue weighted by atomic mass is 16.3. The molecule has 5 N–H and O–H groups in total. The third-order valence-corrected chi connectivity index (χ3v) is 9.41. The smallest absolute Gasteiger partial charge is 0.320 e. The van der Waals surface area contributed by atoms with Gasteiger partial charge < -0.3 is 46.0 Å². The van der Waals surface area contributed by atoms with Crippen LogP contribution in [-0.2, 0) is 22.7 Å². The quantitative estimate of drug-likeness (QED) is 0.172. The molecular weight excluding hydrogens is 672 g/mol. The van der Waals surface area contributed by atoms with Crippen LogP contribution in [0, 0.1) is 23.7 Å². The van der Waals surface area contributed by atoms with Crippen LogP contribution in [0.5, 0.6) is 0 Å². The third-order valence-electron chi connectivity index (χ3n) is 9.41. The van der Waals surface area contributed by atoms with Crippen LogP contribution in [0.2, 0.25) is 0 Å². The van der Waals surface area contributed by atoms with E-state index in [4.69, 9.17) is 11.5 Å². The molecule has 2 aromatic carbocycles. The van der Waals surface area contributed by atoms with Crippen molar-refractivity contribution in [1.29, 1.82) is 0 Å². The Labute approximate surface area is 313 Å². The standard InChI is InChI=1S/C40H54N8O5/c1-43(30-32-14-12-16-34(41)28-32)39(52)47-24-20-45(21-25-47)37(50)19-11-9-7-5-3-4-6-8-10-18-36(49)38(51)46-22-26-48(27-23-46)40(53)44(2)31-33-15-13-17-35(42)29-33/h12-17,28-29,36,49H,7-11,18-27,30-31,41-42H2,1-2H3. The van der Waals surface area contributed by atoms with E-state index in [0.29, 0.717) is 109 Å². The SMILES string of the molecule is CN(Cc1cccc(N)c1)C(=O)N1CCN(C(=O)CCCCC#CC#CCCCC(O)C(=O)N2CCN(C(=O)N(C)Cc3cccc(N)c3)CC2)CC1. The first-order valence-electron chi connectivity index (χ1n) is 18.4. The molecule has 2 aliphatic rings. The molecule has 0 aromatic heterocycles. The minimum atomic E-state index is -1.10. The second-order valence-electron chi connectivity index (χ2n) is 13.7. The lowest BCUT2D eigenvalue weighted by atomic mass is 10.1. The lowest BCUT2D eigenvalue weighted by Crippen LogP contribution is -2.55. The van der Waals surface area contributed by atoms with Crippen molar-refractivity contribution in [2.45, 2.75) is 64.1 Å². The number of urea groups is 2. The van der Waals surface area contributed by atoms with E-state index in [-0.39, 0.29) is 23.9 Å². The molecule has 0 saturated carbocycles. The number of nitrogens with zero attached hydrogens (tertiary/aromatic N) is 6. The van der Waals surface area contributed by atoms with Crippen molar-refractivity contribution < 1.29 is 24.3 Å². The maximum absolute atomic E-state index is 12.9. The Morgan fingerprint density at radius 1 is 0.679 bits per heavy atom. The summed E-state index contributed by atoms with van der Waals surface area (Å²) in [5, 5.41) is 10.5. The van der Waals surface area contributed by atoms with Gasteiger partial charge >= 0.3 is 12.1 Å². The fourth-order valence-electron chi connectivity index (χ4n) is 6.39. The Bertz CT molecular complexity index is 1680. The van der Waals surface area contributed by atoms with Crippen LogP contribution in [0.25, 0.3) is 0 Å². The fourth-order valence-corrected chi connectivity index (χ4v) is 6.39.